The molecule has 0 atom stereocenters. The van der Waals surface area contributed by atoms with Gasteiger partial charge in [0.05, 0.1) is 6.61 Å². The van der Waals surface area contributed by atoms with Crippen molar-refractivity contribution in [3.05, 3.63) is 0 Å². The number of unbranched alkanes of at least 4 members (excludes halogenated alkanes) is 2. The molecule has 0 bridgehead atoms. The quantitative estimate of drug-likeness (QED) is 0.242. The predicted molar refractivity (Wildman–Crippen MR) is 45.4 cm³/mol. The Morgan fingerprint density at radius 1 is 1.50 bits per heavy atom. The minimum Gasteiger partial charge on any atom is -0.514 e. The van der Waals surface area contributed by atoms with E-state index in [-0.39, 0.29) is 33.9 Å². The molecule has 0 saturated carbocycles. The average molecular weight is 186 g/mol. The first-order chi connectivity index (χ1) is 4.27. The maximum atomic E-state index is 4.89. The van der Waals surface area contributed by atoms with Crippen LogP contribution in [0, 0.1) is 0 Å². The Morgan fingerprint density at radius 2 is 2.10 bits per heavy atom. The van der Waals surface area contributed by atoms with Gasteiger partial charge in [-0.2, -0.15) is 0 Å². The van der Waals surface area contributed by atoms with Gasteiger partial charge in [0.15, 0.2) is 0 Å². The van der Waals surface area contributed by atoms with Crippen LogP contribution in [-0.2, 0) is 17.4 Å². The zero-order valence-electron chi connectivity index (χ0n) is 6.55. The molecule has 0 fully saturated rings. The zero-order chi connectivity index (χ0) is 7.11. The van der Waals surface area contributed by atoms with E-state index in [0.29, 0.717) is 6.61 Å². The van der Waals surface area contributed by atoms with E-state index in [1.54, 1.807) is 0 Å². The smallest absolute Gasteiger partial charge is 0.514 e. The van der Waals surface area contributed by atoms with Crippen LogP contribution in [0.25, 0.3) is 0 Å². The van der Waals surface area contributed by atoms with Crippen molar-refractivity contribution < 1.29 is 34.3 Å². The van der Waals surface area contributed by atoms with Crippen LogP contribution in [0.2, 0.25) is 0 Å². The van der Waals surface area contributed by atoms with Gasteiger partial charge in [0.1, 0.15) is 0 Å². The largest absolute Gasteiger partial charge is 1.00 e. The molecule has 0 rings (SSSR count). The number of ether oxygens (including phenoxy) is 1. The van der Waals surface area contributed by atoms with E-state index in [1.807, 2.05) is 0 Å². The van der Waals surface area contributed by atoms with Gasteiger partial charge in [-0.3, -0.25) is 0 Å². The van der Waals surface area contributed by atoms with Gasteiger partial charge in [-0.25, -0.2) is 0 Å². The van der Waals surface area contributed by atoms with Crippen molar-refractivity contribution in [2.75, 3.05) is 6.61 Å². The van der Waals surface area contributed by atoms with E-state index < -0.39 is 0 Å². The van der Waals surface area contributed by atoms with E-state index in [9.17, 15) is 0 Å². The molecule has 0 heterocycles. The fourth-order valence-corrected chi connectivity index (χ4v) is 0.674. The number of thiocarbonyl (C=S) groups is 1. The van der Waals surface area contributed by atoms with Gasteiger partial charge >= 0.3 is 29.6 Å². The Balaban J connectivity index is 0. The molecule has 0 aromatic rings. The summed E-state index contributed by atoms with van der Waals surface area (Å²) in [7, 11) is 0. The molecule has 0 amide bonds. The molecule has 0 radical (unpaired) electrons. The molecule has 54 valence electrons. The first-order valence-electron chi connectivity index (χ1n) is 3.11. The topological polar surface area (TPSA) is 9.23 Å². The fraction of sp³-hybridized carbons (Fsp3) is 0.833. The summed E-state index contributed by atoms with van der Waals surface area (Å²) < 4.78 is 5.13. The SMILES string of the molecule is CCCCCOC(=S)[S-].[Na+]. The molecule has 0 saturated heterocycles. The Hall–Kier alpha value is 1.11. The van der Waals surface area contributed by atoms with Gasteiger partial charge in [-0.05, 0) is 6.42 Å². The molecule has 0 N–H and O–H groups in total. The van der Waals surface area contributed by atoms with Crippen LogP contribution in [0.4, 0.5) is 0 Å². The molecule has 4 heteroatoms. The molecular weight excluding hydrogens is 175 g/mol. The minimum atomic E-state index is 0. The molecule has 0 aliphatic heterocycles. The normalized spacial score (nSPS) is 8.10. The molecule has 0 aromatic heterocycles. The summed E-state index contributed by atoms with van der Waals surface area (Å²) in [6.45, 7) is 2.84. The minimum absolute atomic E-state index is 0. The Bertz CT molecular complexity index is 87.8. The van der Waals surface area contributed by atoms with Crippen molar-refractivity contribution in [1.29, 1.82) is 0 Å². The van der Waals surface area contributed by atoms with Crippen LogP contribution in [0.3, 0.4) is 0 Å². The van der Waals surface area contributed by atoms with E-state index in [2.05, 4.69) is 31.8 Å². The van der Waals surface area contributed by atoms with Crippen LogP contribution in [0.5, 0.6) is 0 Å². The van der Waals surface area contributed by atoms with E-state index in [1.165, 1.54) is 12.8 Å². The van der Waals surface area contributed by atoms with E-state index >= 15 is 0 Å². The molecule has 0 aliphatic rings. The van der Waals surface area contributed by atoms with Gasteiger partial charge < -0.3 is 29.6 Å². The van der Waals surface area contributed by atoms with E-state index in [4.69, 9.17) is 4.74 Å². The van der Waals surface area contributed by atoms with Crippen molar-refractivity contribution in [2.24, 2.45) is 0 Å². The first-order valence-corrected chi connectivity index (χ1v) is 3.92. The average Bonchev–Trinajstić information content (AvgIpc) is 1.80. The summed E-state index contributed by atoms with van der Waals surface area (Å²) in [6, 6.07) is 0. The van der Waals surface area contributed by atoms with Gasteiger partial charge in [-0.1, -0.05) is 19.8 Å². The number of hydrogen-bond acceptors (Lipinski definition) is 3. The Labute approximate surface area is 95.6 Å². The molecule has 0 aromatic carbocycles. The van der Waals surface area contributed by atoms with Gasteiger partial charge in [0.25, 0.3) is 0 Å². The van der Waals surface area contributed by atoms with Crippen LogP contribution < -0.4 is 29.6 Å². The second-order valence-electron chi connectivity index (χ2n) is 1.81. The summed E-state index contributed by atoms with van der Waals surface area (Å²) in [6.07, 6.45) is 3.46. The fourth-order valence-electron chi connectivity index (χ4n) is 0.508. The van der Waals surface area contributed by atoms with Crippen molar-refractivity contribution in [3.8, 4) is 0 Å². The van der Waals surface area contributed by atoms with Crippen LogP contribution in [0.15, 0.2) is 0 Å². The Morgan fingerprint density at radius 3 is 2.50 bits per heavy atom. The van der Waals surface area contributed by atoms with Gasteiger partial charge in [0, 0.05) is 4.38 Å². The maximum absolute atomic E-state index is 4.89. The monoisotopic (exact) mass is 186 g/mol. The zero-order valence-corrected chi connectivity index (χ0v) is 10.2. The van der Waals surface area contributed by atoms with Crippen molar-refractivity contribution in [1.82, 2.24) is 0 Å². The van der Waals surface area contributed by atoms with Crippen LogP contribution in [0.1, 0.15) is 26.2 Å². The van der Waals surface area contributed by atoms with Crippen molar-refractivity contribution in [3.63, 3.8) is 0 Å². The third kappa shape index (κ3) is 11.9. The van der Waals surface area contributed by atoms with Gasteiger partial charge in [0.2, 0.25) is 0 Å². The summed E-state index contributed by atoms with van der Waals surface area (Å²) >= 11 is 9.08. The standard InChI is InChI=1S/C6H12OS2.Na/c1-2-3-4-5-7-6(8)9;/h2-5H2,1H3,(H,8,9);/q;+1/p-1. The summed E-state index contributed by atoms with van der Waals surface area (Å²) in [5.41, 5.74) is 0. The third-order valence-corrected chi connectivity index (χ3v) is 1.20. The number of hydrogen-bond donors (Lipinski definition) is 0. The Kier molecular flexibility index (Phi) is 13.8. The predicted octanol–water partition coefficient (Wildman–Crippen LogP) is -0.971. The maximum Gasteiger partial charge on any atom is 1.00 e. The molecule has 0 spiro atoms. The second kappa shape index (κ2) is 10.1. The molecule has 1 nitrogen and oxygen atoms in total. The van der Waals surface area contributed by atoms with Gasteiger partial charge in [-0.15, -0.1) is 0 Å². The van der Waals surface area contributed by atoms with Crippen LogP contribution >= 0.6 is 12.2 Å². The molecule has 0 aliphatic carbocycles. The number of rotatable bonds is 4. The summed E-state index contributed by atoms with van der Waals surface area (Å²) in [4.78, 5) is 0. The van der Waals surface area contributed by atoms with Crippen molar-refractivity contribution >= 4 is 29.2 Å². The molecule has 0 unspecified atom stereocenters. The molecule has 10 heavy (non-hydrogen) atoms. The first kappa shape index (κ1) is 13.7. The molecular formula is C6H11NaOS2. The van der Waals surface area contributed by atoms with Crippen molar-refractivity contribution in [2.45, 2.75) is 26.2 Å². The summed E-state index contributed by atoms with van der Waals surface area (Å²) in [5.74, 6) is 0. The summed E-state index contributed by atoms with van der Waals surface area (Å²) in [5, 5.41) is 0. The third-order valence-electron chi connectivity index (χ3n) is 0.968. The van der Waals surface area contributed by atoms with E-state index in [0.717, 1.165) is 6.42 Å². The van der Waals surface area contributed by atoms with Crippen LogP contribution in [-0.4, -0.2) is 11.0 Å². The second-order valence-corrected chi connectivity index (χ2v) is 2.81.